The van der Waals surface area contributed by atoms with Crippen LogP contribution in [0, 0.1) is 0 Å². The molecule has 1 fully saturated rings. The summed E-state index contributed by atoms with van der Waals surface area (Å²) < 4.78 is 28.4. The van der Waals surface area contributed by atoms with E-state index in [-0.39, 0.29) is 5.56 Å². The summed E-state index contributed by atoms with van der Waals surface area (Å²) in [6.45, 7) is 0.418. The van der Waals surface area contributed by atoms with Crippen molar-refractivity contribution in [2.24, 2.45) is 0 Å². The van der Waals surface area contributed by atoms with Crippen LogP contribution < -0.4 is 5.32 Å². The maximum atomic E-state index is 14.2. The summed E-state index contributed by atoms with van der Waals surface area (Å²) in [7, 11) is 0. The van der Waals surface area contributed by atoms with Crippen molar-refractivity contribution in [2.45, 2.75) is 12.0 Å². The van der Waals surface area contributed by atoms with Crippen LogP contribution in [0.1, 0.15) is 22.0 Å². The van der Waals surface area contributed by atoms with Crippen molar-refractivity contribution in [3.05, 3.63) is 29.3 Å². The Bertz CT molecular complexity index is 548. The number of piperazine rings is 1. The van der Waals surface area contributed by atoms with Gasteiger partial charge in [0.2, 0.25) is 0 Å². The van der Waals surface area contributed by atoms with Gasteiger partial charge in [-0.05, 0) is 17.7 Å². The van der Waals surface area contributed by atoms with Gasteiger partial charge in [0, 0.05) is 26.2 Å². The molecule has 1 atom stereocenters. The molecule has 1 aromatic rings. The number of rotatable bonds is 5. The summed E-state index contributed by atoms with van der Waals surface area (Å²) in [5, 5.41) is 30.6. The predicted molar refractivity (Wildman–Crippen MR) is 74.3 cm³/mol. The fraction of sp³-hybridized carbons (Fsp3) is 0.500. The Morgan fingerprint density at radius 2 is 2.00 bits per heavy atom. The monoisotopic (exact) mass is 316 g/mol. The molecule has 0 amide bonds. The molecular weight excluding hydrogens is 298 g/mol. The number of nitrogens with one attached hydrogen (secondary N) is 1. The minimum atomic E-state index is -3.43. The minimum absolute atomic E-state index is 0.0520. The Hall–Kier alpha value is -1.77. The largest absolute Gasteiger partial charge is 0.507 e. The summed E-state index contributed by atoms with van der Waals surface area (Å²) in [6.07, 6.45) is 0. The fourth-order valence-electron chi connectivity index (χ4n) is 2.64. The zero-order chi connectivity index (χ0) is 16.3. The van der Waals surface area contributed by atoms with Crippen molar-refractivity contribution < 1.29 is 28.9 Å². The molecule has 1 aliphatic rings. The maximum Gasteiger partial charge on any atom is 0.339 e. The minimum Gasteiger partial charge on any atom is -0.507 e. The molecule has 0 aliphatic carbocycles. The lowest BCUT2D eigenvalue weighted by molar-refractivity contribution is -0.118. The number of phenols is 1. The zero-order valence-corrected chi connectivity index (χ0v) is 11.8. The molecule has 1 heterocycles. The number of carboxylic acids is 1. The van der Waals surface area contributed by atoms with Gasteiger partial charge in [-0.25, -0.2) is 13.6 Å². The molecule has 0 unspecified atom stereocenters. The summed E-state index contributed by atoms with van der Waals surface area (Å²) in [6, 6.07) is 1.94. The van der Waals surface area contributed by atoms with Crippen molar-refractivity contribution in [3.63, 3.8) is 0 Å². The molecule has 8 heteroatoms. The van der Waals surface area contributed by atoms with Crippen LogP contribution in [0.4, 0.5) is 8.78 Å². The van der Waals surface area contributed by atoms with Gasteiger partial charge >= 0.3 is 5.97 Å². The molecule has 1 aliphatic heterocycles. The van der Waals surface area contributed by atoms with Crippen LogP contribution in [0.3, 0.4) is 0 Å². The number of carboxylic acid groups (broad SMARTS) is 1. The molecule has 0 radical (unpaired) electrons. The van der Waals surface area contributed by atoms with E-state index in [0.717, 1.165) is 12.1 Å². The van der Waals surface area contributed by atoms with Gasteiger partial charge in [-0.15, -0.1) is 0 Å². The lowest BCUT2D eigenvalue weighted by Gasteiger charge is -2.38. The molecule has 1 aromatic carbocycles. The van der Waals surface area contributed by atoms with E-state index < -0.39 is 35.9 Å². The topological polar surface area (TPSA) is 93.0 Å². The highest BCUT2D eigenvalue weighted by molar-refractivity contribution is 5.91. The van der Waals surface area contributed by atoms with E-state index in [9.17, 15) is 18.7 Å². The van der Waals surface area contributed by atoms with Crippen molar-refractivity contribution >= 4 is 5.97 Å². The van der Waals surface area contributed by atoms with Crippen molar-refractivity contribution in [1.82, 2.24) is 10.2 Å². The van der Waals surface area contributed by atoms with Gasteiger partial charge in [0.25, 0.3) is 5.92 Å². The molecule has 2 rings (SSSR count). The standard InChI is InChI=1S/C14H18F2N2O4/c15-14(16,8-19)12(18-5-3-17-4-6-18)9-1-2-11(20)10(7-9)13(21)22/h1-2,7,12,17,19-20H,3-6,8H2,(H,21,22)/t12-/m1/s1. The molecule has 0 aromatic heterocycles. The average molecular weight is 316 g/mol. The molecule has 4 N–H and O–H groups in total. The number of carbonyl (C=O) groups is 1. The molecule has 6 nitrogen and oxygen atoms in total. The van der Waals surface area contributed by atoms with Gasteiger partial charge in [0.15, 0.2) is 0 Å². The Morgan fingerprint density at radius 1 is 1.36 bits per heavy atom. The Kier molecular flexibility index (Phi) is 4.94. The molecule has 22 heavy (non-hydrogen) atoms. The number of aliphatic hydroxyl groups is 1. The highest BCUT2D eigenvalue weighted by Gasteiger charge is 2.44. The predicted octanol–water partition coefficient (Wildman–Crippen LogP) is 0.664. The molecule has 0 bridgehead atoms. The van der Waals surface area contributed by atoms with Gasteiger partial charge < -0.3 is 20.6 Å². The van der Waals surface area contributed by atoms with Crippen LogP contribution in [-0.4, -0.2) is 64.9 Å². The van der Waals surface area contributed by atoms with E-state index in [0.29, 0.717) is 26.2 Å². The third-order valence-electron chi connectivity index (χ3n) is 3.69. The van der Waals surface area contributed by atoms with Gasteiger partial charge in [0.1, 0.15) is 24.0 Å². The van der Waals surface area contributed by atoms with Gasteiger partial charge in [-0.3, -0.25) is 4.90 Å². The second kappa shape index (κ2) is 6.55. The van der Waals surface area contributed by atoms with Crippen LogP contribution in [0.15, 0.2) is 18.2 Å². The van der Waals surface area contributed by atoms with Gasteiger partial charge in [-0.1, -0.05) is 6.07 Å². The quantitative estimate of drug-likeness (QED) is 0.638. The number of aliphatic hydroxyl groups excluding tert-OH is 1. The second-order valence-electron chi connectivity index (χ2n) is 5.19. The summed E-state index contributed by atoms with van der Waals surface area (Å²) in [5.74, 6) is -5.31. The van der Waals surface area contributed by atoms with E-state index in [1.807, 2.05) is 0 Å². The van der Waals surface area contributed by atoms with Crippen LogP contribution in [-0.2, 0) is 0 Å². The van der Waals surface area contributed by atoms with Crippen LogP contribution >= 0.6 is 0 Å². The molecule has 0 spiro atoms. The van der Waals surface area contributed by atoms with E-state index in [1.165, 1.54) is 11.0 Å². The highest BCUT2D eigenvalue weighted by Crippen LogP contribution is 2.37. The Labute approximate surface area is 126 Å². The van der Waals surface area contributed by atoms with E-state index in [2.05, 4.69) is 5.32 Å². The lowest BCUT2D eigenvalue weighted by Crippen LogP contribution is -2.51. The normalized spacial score (nSPS) is 18.1. The maximum absolute atomic E-state index is 14.2. The van der Waals surface area contributed by atoms with Gasteiger partial charge in [-0.2, -0.15) is 0 Å². The smallest absolute Gasteiger partial charge is 0.339 e. The lowest BCUT2D eigenvalue weighted by atomic mass is 9.96. The number of nitrogens with zero attached hydrogens (tertiary/aromatic N) is 1. The summed E-state index contributed by atoms with van der Waals surface area (Å²) in [4.78, 5) is 12.6. The second-order valence-corrected chi connectivity index (χ2v) is 5.19. The zero-order valence-electron chi connectivity index (χ0n) is 11.8. The first-order valence-electron chi connectivity index (χ1n) is 6.86. The van der Waals surface area contributed by atoms with Crippen LogP contribution in [0.5, 0.6) is 5.75 Å². The van der Waals surface area contributed by atoms with Crippen molar-refractivity contribution in [2.75, 3.05) is 32.8 Å². The fourth-order valence-corrected chi connectivity index (χ4v) is 2.64. The van der Waals surface area contributed by atoms with E-state index in [1.54, 1.807) is 0 Å². The molecular formula is C14H18F2N2O4. The Balaban J connectivity index is 2.44. The molecule has 1 saturated heterocycles. The van der Waals surface area contributed by atoms with E-state index in [4.69, 9.17) is 10.2 Å². The highest BCUT2D eigenvalue weighted by atomic mass is 19.3. The third kappa shape index (κ3) is 3.34. The molecule has 122 valence electrons. The third-order valence-corrected chi connectivity index (χ3v) is 3.69. The van der Waals surface area contributed by atoms with Crippen molar-refractivity contribution in [1.29, 1.82) is 0 Å². The Morgan fingerprint density at radius 3 is 2.55 bits per heavy atom. The number of aromatic hydroxyl groups is 1. The van der Waals surface area contributed by atoms with Crippen LogP contribution in [0.2, 0.25) is 0 Å². The molecule has 0 saturated carbocycles. The number of hydrogen-bond donors (Lipinski definition) is 4. The number of aromatic carboxylic acids is 1. The summed E-state index contributed by atoms with van der Waals surface area (Å²) >= 11 is 0. The average Bonchev–Trinajstić information content (AvgIpc) is 2.50. The van der Waals surface area contributed by atoms with Crippen molar-refractivity contribution in [3.8, 4) is 5.75 Å². The SMILES string of the molecule is O=C(O)c1cc([C@@H](N2CCNCC2)C(F)(F)CO)ccc1O. The first-order chi connectivity index (χ1) is 10.4. The first kappa shape index (κ1) is 16.6. The van der Waals surface area contributed by atoms with Gasteiger partial charge in [0.05, 0.1) is 0 Å². The summed E-state index contributed by atoms with van der Waals surface area (Å²) in [5.41, 5.74) is -0.387. The number of benzene rings is 1. The number of halogens is 2. The number of hydrogen-bond acceptors (Lipinski definition) is 5. The first-order valence-corrected chi connectivity index (χ1v) is 6.86. The van der Waals surface area contributed by atoms with Crippen LogP contribution in [0.25, 0.3) is 0 Å². The van der Waals surface area contributed by atoms with E-state index >= 15 is 0 Å². The number of alkyl halides is 2.